The molecule has 3 aliphatic heterocycles. The first-order chi connectivity index (χ1) is 14.5. The Morgan fingerprint density at radius 2 is 1.77 bits per heavy atom. The normalized spacial score (nSPS) is 23.2. The monoisotopic (exact) mass is 417 g/mol. The molecule has 0 radical (unpaired) electrons. The second-order valence-corrected chi connectivity index (χ2v) is 8.24. The van der Waals surface area contributed by atoms with Crippen LogP contribution in [0.2, 0.25) is 0 Å². The van der Waals surface area contributed by atoms with Crippen LogP contribution in [0, 0.1) is 5.82 Å². The summed E-state index contributed by atoms with van der Waals surface area (Å²) in [6.07, 6.45) is 3.17. The van der Waals surface area contributed by atoms with Crippen LogP contribution in [0.3, 0.4) is 0 Å². The predicted octanol–water partition coefficient (Wildman–Crippen LogP) is 1.21. The van der Waals surface area contributed by atoms with E-state index < -0.39 is 6.04 Å². The zero-order valence-electron chi connectivity index (χ0n) is 17.1. The molecule has 0 spiro atoms. The number of rotatable bonds is 4. The van der Waals surface area contributed by atoms with Crippen LogP contribution < -0.4 is 0 Å². The lowest BCUT2D eigenvalue weighted by Crippen LogP contribution is -2.55. The summed E-state index contributed by atoms with van der Waals surface area (Å²) in [6.45, 7) is 3.11. The molecule has 0 saturated carbocycles. The lowest BCUT2D eigenvalue weighted by Gasteiger charge is -2.41. The largest absolute Gasteiger partial charge is 0.370 e. The lowest BCUT2D eigenvalue weighted by molar-refractivity contribution is -0.149. The molecule has 4 rings (SSSR count). The fourth-order valence-electron chi connectivity index (χ4n) is 4.73. The first-order valence-corrected chi connectivity index (χ1v) is 10.7. The van der Waals surface area contributed by atoms with E-state index in [4.69, 9.17) is 4.74 Å². The average Bonchev–Trinajstić information content (AvgIpc) is 3.25. The maximum atomic E-state index is 13.1. The molecule has 0 N–H and O–H groups in total. The number of carbonyl (C=O) groups is 3. The molecule has 162 valence electrons. The van der Waals surface area contributed by atoms with Gasteiger partial charge < -0.3 is 19.4 Å². The molecule has 0 aromatic heterocycles. The number of morpholine rings is 1. The quantitative estimate of drug-likeness (QED) is 0.739. The Labute approximate surface area is 175 Å². The Morgan fingerprint density at radius 3 is 2.47 bits per heavy atom. The van der Waals surface area contributed by atoms with Gasteiger partial charge in [-0.15, -0.1) is 0 Å². The molecule has 1 atom stereocenters. The van der Waals surface area contributed by atoms with Gasteiger partial charge in [-0.1, -0.05) is 12.1 Å². The number of likely N-dealkylation sites (tertiary alicyclic amines) is 2. The Bertz CT molecular complexity index is 792. The summed E-state index contributed by atoms with van der Waals surface area (Å²) in [4.78, 5) is 43.4. The zero-order valence-corrected chi connectivity index (χ0v) is 17.1. The van der Waals surface area contributed by atoms with E-state index in [1.165, 1.54) is 12.1 Å². The maximum absolute atomic E-state index is 13.1. The molecule has 0 aliphatic carbocycles. The van der Waals surface area contributed by atoms with Crippen LogP contribution in [0.4, 0.5) is 4.39 Å². The van der Waals surface area contributed by atoms with E-state index >= 15 is 0 Å². The highest BCUT2D eigenvalue weighted by Crippen LogP contribution is 2.24. The van der Waals surface area contributed by atoms with E-state index in [-0.39, 0.29) is 42.6 Å². The number of hydrogen-bond donors (Lipinski definition) is 0. The number of piperidine rings is 1. The summed E-state index contributed by atoms with van der Waals surface area (Å²) in [5, 5.41) is 0. The van der Waals surface area contributed by atoms with E-state index in [2.05, 4.69) is 0 Å². The second kappa shape index (κ2) is 9.12. The fourth-order valence-corrected chi connectivity index (χ4v) is 4.73. The molecular weight excluding hydrogens is 389 g/mol. The van der Waals surface area contributed by atoms with E-state index in [0.717, 1.165) is 24.8 Å². The van der Waals surface area contributed by atoms with Gasteiger partial charge in [0, 0.05) is 32.2 Å². The molecule has 8 heteroatoms. The smallest absolute Gasteiger partial charge is 0.248 e. The molecular formula is C22H28FN3O4. The van der Waals surface area contributed by atoms with E-state index in [1.54, 1.807) is 17.0 Å². The van der Waals surface area contributed by atoms with Crippen molar-refractivity contribution in [1.82, 2.24) is 14.7 Å². The number of nitrogens with zero attached hydrogens (tertiary/aromatic N) is 3. The van der Waals surface area contributed by atoms with Gasteiger partial charge >= 0.3 is 0 Å². The number of ether oxygens (including phenoxy) is 1. The van der Waals surface area contributed by atoms with Gasteiger partial charge in [-0.2, -0.15) is 0 Å². The molecule has 3 amide bonds. The van der Waals surface area contributed by atoms with Crippen LogP contribution in [0.5, 0.6) is 0 Å². The van der Waals surface area contributed by atoms with Crippen molar-refractivity contribution in [3.63, 3.8) is 0 Å². The van der Waals surface area contributed by atoms with Crippen molar-refractivity contribution in [3.8, 4) is 0 Å². The van der Waals surface area contributed by atoms with Crippen molar-refractivity contribution in [2.45, 2.75) is 44.2 Å². The van der Waals surface area contributed by atoms with Crippen LogP contribution in [-0.4, -0.2) is 83.9 Å². The molecule has 1 unspecified atom stereocenters. The molecule has 7 nitrogen and oxygen atoms in total. The molecule has 3 aliphatic rings. The molecule has 0 bridgehead atoms. The van der Waals surface area contributed by atoms with Gasteiger partial charge in [0.05, 0.1) is 13.0 Å². The number of halogens is 1. The van der Waals surface area contributed by atoms with Crippen LogP contribution >= 0.6 is 0 Å². The molecule has 1 aromatic rings. The van der Waals surface area contributed by atoms with Gasteiger partial charge in [-0.3, -0.25) is 14.4 Å². The third-order valence-electron chi connectivity index (χ3n) is 6.37. The average molecular weight is 417 g/mol. The minimum atomic E-state index is -0.417. The Morgan fingerprint density at radius 1 is 1.03 bits per heavy atom. The van der Waals surface area contributed by atoms with Crippen molar-refractivity contribution in [2.75, 3.05) is 39.4 Å². The standard InChI is InChI=1S/C22H28FN3O4/c23-17-5-3-16(4-6-17)14-20(27)26-9-1-2-19(26)22(29)24-10-7-18(8-11-24)25-12-13-30-15-21(25)28/h3-6,18-19H,1-2,7-15H2. The minimum absolute atomic E-state index is 0.00621. The summed E-state index contributed by atoms with van der Waals surface area (Å²) in [5.74, 6) is -0.389. The van der Waals surface area contributed by atoms with Crippen LogP contribution in [0.1, 0.15) is 31.2 Å². The van der Waals surface area contributed by atoms with Crippen molar-refractivity contribution in [2.24, 2.45) is 0 Å². The summed E-state index contributed by atoms with van der Waals surface area (Å²) in [5.41, 5.74) is 0.746. The van der Waals surface area contributed by atoms with Crippen LogP contribution in [-0.2, 0) is 25.5 Å². The van der Waals surface area contributed by atoms with Gasteiger partial charge in [0.25, 0.3) is 0 Å². The SMILES string of the molecule is O=C(C1CCCN1C(=O)Cc1ccc(F)cc1)N1CCC(N2CCOCC2=O)CC1. The molecule has 3 fully saturated rings. The van der Waals surface area contributed by atoms with Crippen molar-refractivity contribution in [1.29, 1.82) is 0 Å². The summed E-state index contributed by atoms with van der Waals surface area (Å²) < 4.78 is 18.3. The van der Waals surface area contributed by atoms with Gasteiger partial charge in [-0.25, -0.2) is 4.39 Å². The highest BCUT2D eigenvalue weighted by molar-refractivity contribution is 5.89. The summed E-state index contributed by atoms with van der Waals surface area (Å²) in [7, 11) is 0. The Hall–Kier alpha value is -2.48. The van der Waals surface area contributed by atoms with E-state index in [1.807, 2.05) is 9.80 Å². The number of benzene rings is 1. The Balaban J connectivity index is 1.33. The number of carbonyl (C=O) groups excluding carboxylic acids is 3. The highest BCUT2D eigenvalue weighted by atomic mass is 19.1. The number of amides is 3. The summed E-state index contributed by atoms with van der Waals surface area (Å²) >= 11 is 0. The fraction of sp³-hybridized carbons (Fsp3) is 0.591. The number of hydrogen-bond acceptors (Lipinski definition) is 4. The lowest BCUT2D eigenvalue weighted by atomic mass is 10.0. The molecule has 30 heavy (non-hydrogen) atoms. The first kappa shape index (κ1) is 20.8. The van der Waals surface area contributed by atoms with Gasteiger partial charge in [0.15, 0.2) is 0 Å². The second-order valence-electron chi connectivity index (χ2n) is 8.24. The van der Waals surface area contributed by atoms with Gasteiger partial charge in [0.1, 0.15) is 18.5 Å². The van der Waals surface area contributed by atoms with Gasteiger partial charge in [-0.05, 0) is 43.4 Å². The predicted molar refractivity (Wildman–Crippen MR) is 107 cm³/mol. The zero-order chi connectivity index (χ0) is 21.1. The highest BCUT2D eigenvalue weighted by Gasteiger charge is 2.38. The third-order valence-corrected chi connectivity index (χ3v) is 6.37. The van der Waals surface area contributed by atoms with Crippen LogP contribution in [0.15, 0.2) is 24.3 Å². The molecule has 3 heterocycles. The Kier molecular flexibility index (Phi) is 6.32. The van der Waals surface area contributed by atoms with Crippen molar-refractivity contribution < 1.29 is 23.5 Å². The van der Waals surface area contributed by atoms with Crippen molar-refractivity contribution in [3.05, 3.63) is 35.6 Å². The maximum Gasteiger partial charge on any atom is 0.248 e. The van der Waals surface area contributed by atoms with Crippen molar-refractivity contribution >= 4 is 17.7 Å². The third kappa shape index (κ3) is 4.48. The van der Waals surface area contributed by atoms with Crippen LogP contribution in [0.25, 0.3) is 0 Å². The molecule has 3 saturated heterocycles. The van der Waals surface area contributed by atoms with Gasteiger partial charge in [0.2, 0.25) is 17.7 Å². The topological polar surface area (TPSA) is 70.2 Å². The first-order valence-electron chi connectivity index (χ1n) is 10.7. The minimum Gasteiger partial charge on any atom is -0.370 e. The van der Waals surface area contributed by atoms with E-state index in [9.17, 15) is 18.8 Å². The van der Waals surface area contributed by atoms with E-state index in [0.29, 0.717) is 39.2 Å². The summed E-state index contributed by atoms with van der Waals surface area (Å²) in [6, 6.07) is 5.65. The molecule has 1 aromatic carbocycles.